The van der Waals surface area contributed by atoms with Gasteiger partial charge in [-0.05, 0) is 37.3 Å². The highest BCUT2D eigenvalue weighted by Crippen LogP contribution is 2.33. The van der Waals surface area contributed by atoms with Crippen molar-refractivity contribution in [3.05, 3.63) is 11.8 Å². The van der Waals surface area contributed by atoms with Gasteiger partial charge in [-0.2, -0.15) is 0 Å². The van der Waals surface area contributed by atoms with Gasteiger partial charge >= 0.3 is 0 Å². The second-order valence-corrected chi connectivity index (χ2v) is 3.85. The highest BCUT2D eigenvalue weighted by molar-refractivity contribution is 5.05. The van der Waals surface area contributed by atoms with Crippen LogP contribution in [0.1, 0.15) is 39.5 Å². The molecule has 0 saturated heterocycles. The Bertz CT molecular complexity index is 149. The van der Waals surface area contributed by atoms with E-state index in [1.54, 1.807) is 0 Å². The Kier molecular flexibility index (Phi) is 2.98. The van der Waals surface area contributed by atoms with Crippen LogP contribution >= 0.6 is 0 Å². The molecule has 1 saturated carbocycles. The minimum absolute atomic E-state index is 0.850. The molecule has 2 atom stereocenters. The fourth-order valence-electron chi connectivity index (χ4n) is 2.08. The van der Waals surface area contributed by atoms with E-state index >= 15 is 0 Å². The summed E-state index contributed by atoms with van der Waals surface area (Å²) >= 11 is 0. The molecule has 2 N–H and O–H groups in total. The fourth-order valence-corrected chi connectivity index (χ4v) is 2.08. The van der Waals surface area contributed by atoms with E-state index < -0.39 is 0 Å². The zero-order chi connectivity index (χ0) is 8.27. The topological polar surface area (TPSA) is 26.0 Å². The fraction of sp³-hybridized carbons (Fsp3) is 0.800. The number of allylic oxidation sites excluding steroid dienone is 1. The summed E-state index contributed by atoms with van der Waals surface area (Å²) in [5.41, 5.74) is 6.99. The summed E-state index contributed by atoms with van der Waals surface area (Å²) < 4.78 is 0. The quantitative estimate of drug-likeness (QED) is 0.615. The molecule has 2 unspecified atom stereocenters. The standard InChI is InChI=1S/C10H19N/c1-3-9-4-8(2)5-10(6-9)7-11/h7-9H,3-6,11H2,1-2H3/b10-7-. The first-order valence-corrected chi connectivity index (χ1v) is 4.65. The minimum atomic E-state index is 0.850. The molecular weight excluding hydrogens is 134 g/mol. The molecule has 11 heavy (non-hydrogen) atoms. The second kappa shape index (κ2) is 3.80. The summed E-state index contributed by atoms with van der Waals surface area (Å²) in [6.07, 6.45) is 7.00. The number of rotatable bonds is 1. The van der Waals surface area contributed by atoms with Crippen molar-refractivity contribution >= 4 is 0 Å². The van der Waals surface area contributed by atoms with Gasteiger partial charge in [-0.3, -0.25) is 0 Å². The van der Waals surface area contributed by atoms with Crippen LogP contribution < -0.4 is 5.73 Å². The van der Waals surface area contributed by atoms with Crippen molar-refractivity contribution in [2.24, 2.45) is 17.6 Å². The zero-order valence-electron chi connectivity index (χ0n) is 7.64. The van der Waals surface area contributed by atoms with E-state index in [2.05, 4.69) is 13.8 Å². The van der Waals surface area contributed by atoms with Crippen LogP contribution in [0.25, 0.3) is 0 Å². The molecule has 64 valence electrons. The first-order valence-electron chi connectivity index (χ1n) is 4.65. The molecule has 0 heterocycles. The van der Waals surface area contributed by atoms with E-state index in [0.717, 1.165) is 11.8 Å². The Balaban J connectivity index is 2.50. The lowest BCUT2D eigenvalue weighted by Crippen LogP contribution is -2.15. The van der Waals surface area contributed by atoms with Crippen LogP contribution in [-0.4, -0.2) is 0 Å². The molecule has 0 amide bonds. The van der Waals surface area contributed by atoms with Crippen molar-refractivity contribution in [1.29, 1.82) is 0 Å². The third-order valence-electron chi connectivity index (χ3n) is 2.71. The lowest BCUT2D eigenvalue weighted by atomic mass is 9.78. The lowest BCUT2D eigenvalue weighted by Gasteiger charge is -2.27. The average Bonchev–Trinajstić information content (AvgIpc) is 2.03. The Morgan fingerprint density at radius 3 is 2.82 bits per heavy atom. The average molecular weight is 153 g/mol. The highest BCUT2D eigenvalue weighted by Gasteiger charge is 2.20. The van der Waals surface area contributed by atoms with E-state index in [1.165, 1.54) is 31.3 Å². The third-order valence-corrected chi connectivity index (χ3v) is 2.71. The molecule has 1 rings (SSSR count). The maximum atomic E-state index is 5.52. The van der Waals surface area contributed by atoms with Crippen molar-refractivity contribution in [2.75, 3.05) is 0 Å². The summed E-state index contributed by atoms with van der Waals surface area (Å²) in [6, 6.07) is 0. The van der Waals surface area contributed by atoms with Crippen molar-refractivity contribution < 1.29 is 0 Å². The Hall–Kier alpha value is -0.460. The molecule has 1 aliphatic rings. The van der Waals surface area contributed by atoms with E-state index in [0.29, 0.717) is 0 Å². The minimum Gasteiger partial charge on any atom is -0.405 e. The summed E-state index contributed by atoms with van der Waals surface area (Å²) in [5.74, 6) is 1.75. The zero-order valence-corrected chi connectivity index (χ0v) is 7.64. The van der Waals surface area contributed by atoms with Gasteiger partial charge in [-0.15, -0.1) is 0 Å². The first kappa shape index (κ1) is 8.63. The van der Waals surface area contributed by atoms with Gasteiger partial charge < -0.3 is 5.73 Å². The van der Waals surface area contributed by atoms with Crippen LogP contribution in [-0.2, 0) is 0 Å². The lowest BCUT2D eigenvalue weighted by molar-refractivity contribution is 0.328. The Morgan fingerprint density at radius 1 is 1.55 bits per heavy atom. The maximum absolute atomic E-state index is 5.52. The molecule has 0 aliphatic heterocycles. The van der Waals surface area contributed by atoms with Gasteiger partial charge in [0.15, 0.2) is 0 Å². The predicted octanol–water partition coefficient (Wildman–Crippen LogP) is 2.68. The first-order chi connectivity index (χ1) is 5.26. The molecular formula is C10H19N. The van der Waals surface area contributed by atoms with E-state index in [-0.39, 0.29) is 0 Å². The number of hydrogen-bond donors (Lipinski definition) is 1. The van der Waals surface area contributed by atoms with Crippen LogP contribution in [0.3, 0.4) is 0 Å². The summed E-state index contributed by atoms with van der Waals surface area (Å²) in [6.45, 7) is 4.60. The molecule has 1 heteroatoms. The van der Waals surface area contributed by atoms with Crippen LogP contribution in [0.2, 0.25) is 0 Å². The van der Waals surface area contributed by atoms with Gasteiger partial charge in [0, 0.05) is 0 Å². The Morgan fingerprint density at radius 2 is 2.27 bits per heavy atom. The molecule has 1 nitrogen and oxygen atoms in total. The number of hydrogen-bond acceptors (Lipinski definition) is 1. The van der Waals surface area contributed by atoms with Crippen LogP contribution in [0, 0.1) is 11.8 Å². The van der Waals surface area contributed by atoms with Gasteiger partial charge in [0.2, 0.25) is 0 Å². The smallest absolute Gasteiger partial charge is 0.00703 e. The van der Waals surface area contributed by atoms with Gasteiger partial charge in [0.25, 0.3) is 0 Å². The molecule has 0 radical (unpaired) electrons. The molecule has 0 bridgehead atoms. The second-order valence-electron chi connectivity index (χ2n) is 3.85. The molecule has 0 aromatic rings. The van der Waals surface area contributed by atoms with Crippen LogP contribution in [0.5, 0.6) is 0 Å². The monoisotopic (exact) mass is 153 g/mol. The maximum Gasteiger partial charge on any atom is -0.00703 e. The Labute approximate surface area is 69.7 Å². The largest absolute Gasteiger partial charge is 0.405 e. The van der Waals surface area contributed by atoms with Crippen molar-refractivity contribution in [3.8, 4) is 0 Å². The summed E-state index contributed by atoms with van der Waals surface area (Å²) in [5, 5.41) is 0. The van der Waals surface area contributed by atoms with E-state index in [9.17, 15) is 0 Å². The third kappa shape index (κ3) is 2.25. The van der Waals surface area contributed by atoms with Crippen molar-refractivity contribution in [3.63, 3.8) is 0 Å². The van der Waals surface area contributed by atoms with Gasteiger partial charge in [0.1, 0.15) is 0 Å². The van der Waals surface area contributed by atoms with Gasteiger partial charge in [-0.25, -0.2) is 0 Å². The summed E-state index contributed by atoms with van der Waals surface area (Å²) in [4.78, 5) is 0. The van der Waals surface area contributed by atoms with Crippen molar-refractivity contribution in [1.82, 2.24) is 0 Å². The SMILES string of the molecule is CCC1C/C(=C\N)CC(C)C1. The number of nitrogens with two attached hydrogens (primary N) is 1. The molecule has 1 aliphatic carbocycles. The van der Waals surface area contributed by atoms with E-state index in [4.69, 9.17) is 5.73 Å². The van der Waals surface area contributed by atoms with Gasteiger partial charge in [0.05, 0.1) is 0 Å². The highest BCUT2D eigenvalue weighted by atomic mass is 14.5. The molecule has 0 spiro atoms. The molecule has 0 aromatic carbocycles. The van der Waals surface area contributed by atoms with Crippen LogP contribution in [0.15, 0.2) is 11.8 Å². The summed E-state index contributed by atoms with van der Waals surface area (Å²) in [7, 11) is 0. The normalized spacial score (nSPS) is 36.0. The molecule has 1 fully saturated rings. The van der Waals surface area contributed by atoms with Crippen molar-refractivity contribution in [2.45, 2.75) is 39.5 Å². The van der Waals surface area contributed by atoms with Gasteiger partial charge in [-0.1, -0.05) is 25.8 Å². The van der Waals surface area contributed by atoms with Crippen LogP contribution in [0.4, 0.5) is 0 Å². The molecule has 0 aromatic heterocycles. The predicted molar refractivity (Wildman–Crippen MR) is 49.1 cm³/mol. The van der Waals surface area contributed by atoms with E-state index in [1.807, 2.05) is 6.20 Å².